The molecule has 5 nitrogen and oxygen atoms in total. The summed E-state index contributed by atoms with van der Waals surface area (Å²) in [6.07, 6.45) is 0.365. The van der Waals surface area contributed by atoms with Crippen molar-refractivity contribution in [2.75, 3.05) is 13.2 Å². The van der Waals surface area contributed by atoms with Gasteiger partial charge < -0.3 is 15.2 Å². The van der Waals surface area contributed by atoms with Crippen LogP contribution < -0.4 is 10.1 Å². The maximum absolute atomic E-state index is 12.3. The topological polar surface area (TPSA) is 75.6 Å². The van der Waals surface area contributed by atoms with Crippen molar-refractivity contribution >= 4 is 11.9 Å². The zero-order valence-electron chi connectivity index (χ0n) is 13.6. The zero-order valence-corrected chi connectivity index (χ0v) is 13.6. The van der Waals surface area contributed by atoms with E-state index in [1.54, 1.807) is 24.3 Å². The summed E-state index contributed by atoms with van der Waals surface area (Å²) in [5.41, 5.74) is 1.33. The Balaban J connectivity index is 2.01. The smallest absolute Gasteiger partial charge is 0.308 e. The molecule has 0 saturated carbocycles. The fourth-order valence-electron chi connectivity index (χ4n) is 2.39. The molecule has 2 rings (SSSR count). The summed E-state index contributed by atoms with van der Waals surface area (Å²) in [7, 11) is 0. The molecule has 126 valence electrons. The first-order valence-electron chi connectivity index (χ1n) is 7.88. The molecule has 2 aromatic rings. The van der Waals surface area contributed by atoms with E-state index in [0.29, 0.717) is 24.3 Å². The fourth-order valence-corrected chi connectivity index (χ4v) is 2.39. The van der Waals surface area contributed by atoms with E-state index in [1.807, 2.05) is 37.3 Å². The molecule has 1 amide bonds. The van der Waals surface area contributed by atoms with Gasteiger partial charge in [0.2, 0.25) is 0 Å². The molecule has 0 fully saturated rings. The predicted octanol–water partition coefficient (Wildman–Crippen LogP) is 2.76. The molecule has 2 aromatic carbocycles. The van der Waals surface area contributed by atoms with E-state index >= 15 is 0 Å². The second-order valence-corrected chi connectivity index (χ2v) is 5.36. The summed E-state index contributed by atoms with van der Waals surface area (Å²) in [4.78, 5) is 23.8. The average Bonchev–Trinajstić information content (AvgIpc) is 2.59. The highest BCUT2D eigenvalue weighted by Gasteiger charge is 2.20. The van der Waals surface area contributed by atoms with E-state index in [4.69, 9.17) is 4.74 Å². The molecule has 0 saturated heterocycles. The SMILES string of the molecule is CCOc1ccccc1C(=O)NCC(Cc1ccccc1)C(=O)O. The Bertz CT molecular complexity index is 685. The van der Waals surface area contributed by atoms with Crippen molar-refractivity contribution in [2.24, 2.45) is 5.92 Å². The van der Waals surface area contributed by atoms with Crippen LogP contribution in [0.4, 0.5) is 0 Å². The van der Waals surface area contributed by atoms with Crippen molar-refractivity contribution in [1.82, 2.24) is 5.32 Å². The van der Waals surface area contributed by atoms with Gasteiger partial charge in [0.1, 0.15) is 5.75 Å². The van der Waals surface area contributed by atoms with Crippen molar-refractivity contribution in [3.8, 4) is 5.75 Å². The highest BCUT2D eigenvalue weighted by atomic mass is 16.5. The minimum atomic E-state index is -0.933. The van der Waals surface area contributed by atoms with Crippen molar-refractivity contribution < 1.29 is 19.4 Å². The van der Waals surface area contributed by atoms with Crippen LogP contribution in [-0.4, -0.2) is 30.1 Å². The molecule has 24 heavy (non-hydrogen) atoms. The number of ether oxygens (including phenoxy) is 1. The molecular weight excluding hydrogens is 306 g/mol. The first-order chi connectivity index (χ1) is 11.6. The van der Waals surface area contributed by atoms with Crippen molar-refractivity contribution in [2.45, 2.75) is 13.3 Å². The maximum atomic E-state index is 12.3. The lowest BCUT2D eigenvalue weighted by Gasteiger charge is -2.15. The number of amides is 1. The third-order valence-corrected chi connectivity index (χ3v) is 3.61. The number of hydrogen-bond acceptors (Lipinski definition) is 3. The van der Waals surface area contributed by atoms with Crippen molar-refractivity contribution in [1.29, 1.82) is 0 Å². The number of carboxylic acid groups (broad SMARTS) is 1. The molecule has 0 radical (unpaired) electrons. The van der Waals surface area contributed by atoms with E-state index in [0.717, 1.165) is 5.56 Å². The van der Waals surface area contributed by atoms with Crippen LogP contribution >= 0.6 is 0 Å². The molecule has 2 N–H and O–H groups in total. The van der Waals surface area contributed by atoms with Gasteiger partial charge in [-0.15, -0.1) is 0 Å². The largest absolute Gasteiger partial charge is 0.493 e. The van der Waals surface area contributed by atoms with Crippen LogP contribution in [0.15, 0.2) is 54.6 Å². The van der Waals surface area contributed by atoms with Crippen molar-refractivity contribution in [3.05, 3.63) is 65.7 Å². The number of carbonyl (C=O) groups excluding carboxylic acids is 1. The Morgan fingerprint density at radius 1 is 1.08 bits per heavy atom. The number of aliphatic carboxylic acids is 1. The summed E-state index contributed by atoms with van der Waals surface area (Å²) in [6, 6.07) is 16.3. The molecule has 0 aliphatic heterocycles. The predicted molar refractivity (Wildman–Crippen MR) is 91.2 cm³/mol. The van der Waals surface area contributed by atoms with Crippen LogP contribution in [0.5, 0.6) is 5.75 Å². The number of para-hydroxylation sites is 1. The van der Waals surface area contributed by atoms with Crippen LogP contribution in [0.25, 0.3) is 0 Å². The van der Waals surface area contributed by atoms with Crippen LogP contribution in [0.1, 0.15) is 22.8 Å². The summed E-state index contributed by atoms with van der Waals surface area (Å²) in [5.74, 6) is -1.46. The standard InChI is InChI=1S/C19H21NO4/c1-2-24-17-11-7-6-10-16(17)18(21)20-13-15(19(22)23)12-14-8-4-3-5-9-14/h3-11,15H,2,12-13H2,1H3,(H,20,21)(H,22,23). The Morgan fingerprint density at radius 2 is 1.75 bits per heavy atom. The summed E-state index contributed by atoms with van der Waals surface area (Å²) < 4.78 is 5.43. The average molecular weight is 327 g/mol. The number of benzene rings is 2. The van der Waals surface area contributed by atoms with Gasteiger partial charge in [0.05, 0.1) is 18.1 Å². The molecule has 0 aromatic heterocycles. The Kier molecular flexibility index (Phi) is 6.37. The van der Waals surface area contributed by atoms with Gasteiger partial charge in [-0.05, 0) is 31.0 Å². The zero-order chi connectivity index (χ0) is 17.4. The first-order valence-corrected chi connectivity index (χ1v) is 7.88. The Hall–Kier alpha value is -2.82. The summed E-state index contributed by atoms with van der Waals surface area (Å²) in [5, 5.41) is 12.1. The third-order valence-electron chi connectivity index (χ3n) is 3.61. The van der Waals surface area contributed by atoms with E-state index in [9.17, 15) is 14.7 Å². The van der Waals surface area contributed by atoms with Gasteiger partial charge in [-0.3, -0.25) is 9.59 Å². The summed E-state index contributed by atoms with van der Waals surface area (Å²) >= 11 is 0. The number of nitrogens with one attached hydrogen (secondary N) is 1. The second-order valence-electron chi connectivity index (χ2n) is 5.36. The lowest BCUT2D eigenvalue weighted by molar-refractivity contribution is -0.141. The molecule has 1 atom stereocenters. The van der Waals surface area contributed by atoms with Gasteiger partial charge in [-0.1, -0.05) is 42.5 Å². The first kappa shape index (κ1) is 17.5. The molecule has 0 heterocycles. The monoisotopic (exact) mass is 327 g/mol. The Morgan fingerprint density at radius 3 is 2.42 bits per heavy atom. The number of carboxylic acids is 1. The van der Waals surface area contributed by atoms with E-state index in [-0.39, 0.29) is 12.5 Å². The Labute approximate surface area is 141 Å². The number of carbonyl (C=O) groups is 2. The van der Waals surface area contributed by atoms with Crippen molar-refractivity contribution in [3.63, 3.8) is 0 Å². The van der Waals surface area contributed by atoms with Gasteiger partial charge in [0.25, 0.3) is 5.91 Å². The normalized spacial score (nSPS) is 11.5. The van der Waals surface area contributed by atoms with Gasteiger partial charge in [-0.25, -0.2) is 0 Å². The minimum absolute atomic E-state index is 0.0590. The van der Waals surface area contributed by atoms with Gasteiger partial charge in [0, 0.05) is 6.54 Å². The number of hydrogen-bond donors (Lipinski definition) is 2. The molecule has 0 aliphatic carbocycles. The highest BCUT2D eigenvalue weighted by molar-refractivity contribution is 5.97. The molecule has 0 spiro atoms. The molecule has 5 heteroatoms. The second kappa shape index (κ2) is 8.72. The van der Waals surface area contributed by atoms with Crippen LogP contribution in [-0.2, 0) is 11.2 Å². The fraction of sp³-hybridized carbons (Fsp3) is 0.263. The van der Waals surface area contributed by atoms with Gasteiger partial charge >= 0.3 is 5.97 Å². The van der Waals surface area contributed by atoms with E-state index in [2.05, 4.69) is 5.32 Å². The van der Waals surface area contributed by atoms with E-state index in [1.165, 1.54) is 0 Å². The molecule has 1 unspecified atom stereocenters. The van der Waals surface area contributed by atoms with Gasteiger partial charge in [-0.2, -0.15) is 0 Å². The highest BCUT2D eigenvalue weighted by Crippen LogP contribution is 2.18. The third kappa shape index (κ3) is 4.84. The lowest BCUT2D eigenvalue weighted by atomic mass is 9.99. The van der Waals surface area contributed by atoms with Crippen LogP contribution in [0, 0.1) is 5.92 Å². The minimum Gasteiger partial charge on any atom is -0.493 e. The van der Waals surface area contributed by atoms with Gasteiger partial charge in [0.15, 0.2) is 0 Å². The summed E-state index contributed by atoms with van der Waals surface area (Å²) in [6.45, 7) is 2.36. The van der Waals surface area contributed by atoms with Crippen LogP contribution in [0.3, 0.4) is 0 Å². The van der Waals surface area contributed by atoms with Crippen LogP contribution in [0.2, 0.25) is 0 Å². The molecule has 0 bridgehead atoms. The van der Waals surface area contributed by atoms with E-state index < -0.39 is 11.9 Å². The maximum Gasteiger partial charge on any atom is 0.308 e. The number of rotatable bonds is 8. The quantitative estimate of drug-likeness (QED) is 0.782. The molecule has 0 aliphatic rings. The molecular formula is C19H21NO4. The lowest BCUT2D eigenvalue weighted by Crippen LogP contribution is -2.34.